The molecule has 0 aliphatic carbocycles. The standard InChI is InChI=1S/C6H11N.2ClH.Ru/c1-3-5-6-7-4-2;;;/h4,7H,3,5-6H2,1H3;2*1H;/q;;;+2/p-2. The van der Waals surface area contributed by atoms with Gasteiger partial charge in [0.05, 0.1) is 0 Å². The van der Waals surface area contributed by atoms with Crippen molar-refractivity contribution in [3.63, 3.8) is 0 Å². The Morgan fingerprint density at radius 2 is 2.30 bits per heavy atom. The Morgan fingerprint density at radius 1 is 1.60 bits per heavy atom. The first-order valence-electron chi connectivity index (χ1n) is 3.08. The minimum absolute atomic E-state index is 0.985. The second-order valence-electron chi connectivity index (χ2n) is 1.74. The molecule has 0 spiro atoms. The maximum atomic E-state index is 5.52. The summed E-state index contributed by atoms with van der Waals surface area (Å²) in [6.45, 7) is 3.13. The first-order chi connectivity index (χ1) is 4.77. The van der Waals surface area contributed by atoms with Gasteiger partial charge in [0, 0.05) is 0 Å². The third-order valence-electron chi connectivity index (χ3n) is 0.905. The summed E-state index contributed by atoms with van der Waals surface area (Å²) in [6, 6.07) is 0. The molecule has 0 aliphatic heterocycles. The van der Waals surface area contributed by atoms with E-state index in [-0.39, 0.29) is 0 Å². The molecule has 0 radical (unpaired) electrons. The van der Waals surface area contributed by atoms with Crippen molar-refractivity contribution in [1.29, 1.82) is 0 Å². The van der Waals surface area contributed by atoms with Crippen molar-refractivity contribution < 1.29 is 13.5 Å². The summed E-state index contributed by atoms with van der Waals surface area (Å²) in [5, 5.41) is 3.05. The summed E-state index contributed by atoms with van der Waals surface area (Å²) in [6.07, 6.45) is 4.10. The van der Waals surface area contributed by atoms with E-state index < -0.39 is 13.5 Å². The van der Waals surface area contributed by atoms with E-state index in [1.807, 2.05) is 0 Å². The monoisotopic (exact) mass is 269 g/mol. The Bertz CT molecular complexity index is 137. The molecule has 4 heteroatoms. The van der Waals surface area contributed by atoms with E-state index >= 15 is 0 Å². The Morgan fingerprint density at radius 3 is 2.80 bits per heavy atom. The van der Waals surface area contributed by atoms with Gasteiger partial charge >= 0.3 is 75.0 Å². The topological polar surface area (TPSA) is 12.0 Å². The molecule has 0 amide bonds. The molecular weight excluding hydrogens is 258 g/mol. The minimum atomic E-state index is -1.68. The fraction of sp³-hybridized carbons (Fsp3) is 0.667. The number of unbranched alkanes of at least 4 members (excludes halogenated alkanes) is 1. The van der Waals surface area contributed by atoms with Crippen LogP contribution in [0.3, 0.4) is 0 Å². The summed E-state index contributed by atoms with van der Waals surface area (Å²) in [5.74, 6) is 0. The Balaban J connectivity index is 3.27. The molecule has 0 heterocycles. The van der Waals surface area contributed by atoms with E-state index in [9.17, 15) is 0 Å². The van der Waals surface area contributed by atoms with E-state index in [1.165, 1.54) is 12.8 Å². The van der Waals surface area contributed by atoms with Crippen molar-refractivity contribution in [3.05, 3.63) is 6.20 Å². The fourth-order valence-electron chi connectivity index (χ4n) is 0.426. The normalized spacial score (nSPS) is 10.1. The van der Waals surface area contributed by atoms with Crippen LogP contribution in [0.25, 0.3) is 0 Å². The molecule has 0 aromatic carbocycles. The number of hydrogen-bond donors (Lipinski definition) is 1. The Labute approximate surface area is 74.9 Å². The number of nitrogens with one attached hydrogen (secondary N) is 1. The van der Waals surface area contributed by atoms with Crippen molar-refractivity contribution in [3.8, 4) is 0 Å². The summed E-state index contributed by atoms with van der Waals surface area (Å²) in [4.78, 5) is 0. The molecule has 0 atom stereocenters. The van der Waals surface area contributed by atoms with Crippen LogP contribution in [-0.4, -0.2) is 10.8 Å². The number of rotatable bonds is 4. The van der Waals surface area contributed by atoms with E-state index in [0.29, 0.717) is 0 Å². The molecule has 0 bridgehead atoms. The third-order valence-corrected chi connectivity index (χ3v) is 2.45. The third kappa shape index (κ3) is 8.65. The van der Waals surface area contributed by atoms with Gasteiger partial charge in [0.15, 0.2) is 0 Å². The van der Waals surface area contributed by atoms with E-state index in [0.717, 1.165) is 6.54 Å². The van der Waals surface area contributed by atoms with Gasteiger partial charge in [0.2, 0.25) is 0 Å². The van der Waals surface area contributed by atoms with Gasteiger partial charge in [0.1, 0.15) is 0 Å². The predicted octanol–water partition coefficient (Wildman–Crippen LogP) is 2.22. The molecule has 0 aromatic rings. The molecule has 0 aliphatic rings. The van der Waals surface area contributed by atoms with Gasteiger partial charge in [0.25, 0.3) is 0 Å². The average Bonchev–Trinajstić information content (AvgIpc) is 1.87. The zero-order valence-corrected chi connectivity index (χ0v) is 9.06. The zero-order valence-electron chi connectivity index (χ0n) is 5.81. The molecule has 0 fully saturated rings. The summed E-state index contributed by atoms with van der Waals surface area (Å²) in [5.41, 5.74) is 0. The average molecular weight is 269 g/mol. The van der Waals surface area contributed by atoms with Gasteiger partial charge in [-0.15, -0.1) is 0 Å². The molecule has 1 nitrogen and oxygen atoms in total. The van der Waals surface area contributed by atoms with E-state index in [4.69, 9.17) is 19.4 Å². The van der Waals surface area contributed by atoms with Gasteiger partial charge in [-0.25, -0.2) is 0 Å². The summed E-state index contributed by atoms with van der Waals surface area (Å²) >= 11 is -1.68. The molecule has 0 saturated heterocycles. The van der Waals surface area contributed by atoms with E-state index in [1.54, 1.807) is 6.20 Å². The van der Waals surface area contributed by atoms with Crippen LogP contribution in [0.1, 0.15) is 19.8 Å². The molecule has 0 rings (SSSR count). The van der Waals surface area contributed by atoms with Gasteiger partial charge in [-0.1, -0.05) is 0 Å². The molecule has 10 heavy (non-hydrogen) atoms. The molecule has 0 unspecified atom stereocenters. The molecule has 1 N–H and O–H groups in total. The zero-order chi connectivity index (χ0) is 7.82. The van der Waals surface area contributed by atoms with Crippen LogP contribution >= 0.6 is 19.4 Å². The van der Waals surface area contributed by atoms with Gasteiger partial charge in [-0.05, 0) is 0 Å². The van der Waals surface area contributed by atoms with Crippen LogP contribution in [0, 0.1) is 0 Å². The number of hydrogen-bond acceptors (Lipinski definition) is 1. The van der Waals surface area contributed by atoms with Crippen molar-refractivity contribution in [2.24, 2.45) is 0 Å². The van der Waals surface area contributed by atoms with Crippen molar-refractivity contribution in [2.75, 3.05) is 6.54 Å². The van der Waals surface area contributed by atoms with E-state index in [2.05, 4.69) is 16.5 Å². The molecule has 62 valence electrons. The van der Waals surface area contributed by atoms with Crippen LogP contribution in [0.15, 0.2) is 6.20 Å². The molecule has 0 saturated carbocycles. The Kier molecular flexibility index (Phi) is 8.26. The SMILES string of the molecule is CCCCNC=[C]=[Ru]([Cl])[Cl]. The molecular formula is C6H11Cl2NRu. The maximum absolute atomic E-state index is 5.52. The van der Waals surface area contributed by atoms with Crippen LogP contribution in [-0.2, 0) is 13.5 Å². The van der Waals surface area contributed by atoms with Crippen molar-refractivity contribution >= 4 is 23.6 Å². The van der Waals surface area contributed by atoms with Gasteiger partial charge < -0.3 is 0 Å². The van der Waals surface area contributed by atoms with Gasteiger partial charge in [-0.3, -0.25) is 0 Å². The van der Waals surface area contributed by atoms with Crippen LogP contribution in [0.2, 0.25) is 0 Å². The fourth-order valence-corrected chi connectivity index (χ4v) is 1.25. The molecule has 0 aromatic heterocycles. The van der Waals surface area contributed by atoms with Crippen LogP contribution in [0.5, 0.6) is 0 Å². The van der Waals surface area contributed by atoms with Crippen LogP contribution < -0.4 is 5.32 Å². The van der Waals surface area contributed by atoms with Crippen LogP contribution in [0.4, 0.5) is 0 Å². The van der Waals surface area contributed by atoms with Crippen molar-refractivity contribution in [2.45, 2.75) is 19.8 Å². The second kappa shape index (κ2) is 7.76. The first-order valence-corrected chi connectivity index (χ1v) is 8.43. The first kappa shape index (κ1) is 10.7. The predicted molar refractivity (Wildman–Crippen MR) is 44.2 cm³/mol. The number of halogens is 2. The van der Waals surface area contributed by atoms with Gasteiger partial charge in [-0.2, -0.15) is 0 Å². The Hall–Kier alpha value is 0.653. The summed E-state index contributed by atoms with van der Waals surface area (Å²) in [7, 11) is 11.0. The second-order valence-corrected chi connectivity index (χ2v) is 7.12. The van der Waals surface area contributed by atoms with Crippen molar-refractivity contribution in [1.82, 2.24) is 5.32 Å². The summed E-state index contributed by atoms with van der Waals surface area (Å²) < 4.78 is 2.84. The quantitative estimate of drug-likeness (QED) is 0.609.